The molecule has 10 heteroatoms. The third kappa shape index (κ3) is 3.23. The zero-order chi connectivity index (χ0) is 27.1. The van der Waals surface area contributed by atoms with Gasteiger partial charge in [0.25, 0.3) is 5.88 Å². The third-order valence-electron chi connectivity index (χ3n) is 8.52. The van der Waals surface area contributed by atoms with Gasteiger partial charge in [-0.25, -0.2) is 9.74 Å². The number of anilines is 1. The number of carbonyl (C=O) groups is 2. The monoisotopic (exact) mass is 543 g/mol. The number of rotatable bonds is 5. The summed E-state index contributed by atoms with van der Waals surface area (Å²) in [4.78, 5) is 32.7. The molecule has 1 N–H and O–H groups in total. The lowest BCUT2D eigenvalue weighted by molar-refractivity contribution is -0.134. The van der Waals surface area contributed by atoms with E-state index in [1.807, 2.05) is 12.1 Å². The van der Waals surface area contributed by atoms with Gasteiger partial charge >= 0.3 is 0 Å². The van der Waals surface area contributed by atoms with Crippen molar-refractivity contribution in [3.8, 4) is 5.88 Å². The van der Waals surface area contributed by atoms with E-state index in [0.717, 1.165) is 0 Å². The lowest BCUT2D eigenvalue weighted by Gasteiger charge is -2.33. The summed E-state index contributed by atoms with van der Waals surface area (Å²) >= 11 is 6.11. The molecule has 5 atom stereocenters. The highest BCUT2D eigenvalue weighted by Gasteiger charge is 2.77. The molecular weight excluding hydrogens is 522 g/mol. The number of ether oxygens (including phenoxy) is 2. The average Bonchev–Trinajstić information content (AvgIpc) is 3.60. The lowest BCUT2D eigenvalue weighted by Crippen LogP contribution is -2.49. The molecule has 196 valence electrons. The van der Waals surface area contributed by atoms with Gasteiger partial charge < -0.3 is 19.1 Å². The SMILES string of the molecule is [C-]#[N+]c1ccc(N2C(=O)[C@@H]3[C@H](C2=O)C2(C)OC3(CCOc3noc4ccc(Cl)cc34)C[C@H]2O)c2ccccc12. The maximum atomic E-state index is 14.0. The van der Waals surface area contributed by atoms with Gasteiger partial charge in [0.1, 0.15) is 5.60 Å². The van der Waals surface area contributed by atoms with Crippen LogP contribution in [0.5, 0.6) is 5.88 Å². The molecule has 2 bridgehead atoms. The lowest BCUT2D eigenvalue weighted by atomic mass is 9.66. The van der Waals surface area contributed by atoms with Gasteiger partial charge in [-0.1, -0.05) is 41.9 Å². The zero-order valence-corrected chi connectivity index (χ0v) is 21.5. The normalized spacial score (nSPS) is 29.4. The molecule has 9 nitrogen and oxygen atoms in total. The van der Waals surface area contributed by atoms with E-state index in [9.17, 15) is 14.7 Å². The van der Waals surface area contributed by atoms with Gasteiger partial charge in [0.2, 0.25) is 11.8 Å². The van der Waals surface area contributed by atoms with E-state index in [1.54, 1.807) is 49.4 Å². The molecule has 0 radical (unpaired) electrons. The maximum Gasteiger partial charge on any atom is 0.262 e. The molecule has 0 aliphatic carbocycles. The van der Waals surface area contributed by atoms with Gasteiger partial charge in [-0.3, -0.25) is 9.59 Å². The van der Waals surface area contributed by atoms with Gasteiger partial charge in [-0.05, 0) is 47.1 Å². The van der Waals surface area contributed by atoms with Crippen molar-refractivity contribution in [1.29, 1.82) is 0 Å². The highest BCUT2D eigenvalue weighted by atomic mass is 35.5. The van der Waals surface area contributed by atoms with Crippen molar-refractivity contribution in [1.82, 2.24) is 5.16 Å². The molecule has 3 aromatic carbocycles. The molecule has 39 heavy (non-hydrogen) atoms. The predicted octanol–water partition coefficient (Wildman–Crippen LogP) is 5.05. The predicted molar refractivity (Wildman–Crippen MR) is 142 cm³/mol. The number of aliphatic hydroxyl groups is 1. The van der Waals surface area contributed by atoms with Crippen molar-refractivity contribution in [2.24, 2.45) is 11.8 Å². The van der Waals surface area contributed by atoms with Crippen LogP contribution < -0.4 is 9.64 Å². The molecule has 4 aromatic rings. The Morgan fingerprint density at radius 2 is 1.90 bits per heavy atom. The van der Waals surface area contributed by atoms with E-state index in [-0.39, 0.29) is 31.2 Å². The first-order valence-electron chi connectivity index (χ1n) is 12.6. The Kier molecular flexibility index (Phi) is 5.11. The Hall–Kier alpha value is -3.97. The summed E-state index contributed by atoms with van der Waals surface area (Å²) in [5, 5.41) is 17.4. The van der Waals surface area contributed by atoms with Crippen molar-refractivity contribution in [3.05, 3.63) is 71.0 Å². The first kappa shape index (κ1) is 24.1. The second-order valence-corrected chi connectivity index (χ2v) is 11.0. The second-order valence-electron chi connectivity index (χ2n) is 10.5. The fourth-order valence-electron chi connectivity index (χ4n) is 6.73. The molecule has 0 spiro atoms. The molecule has 3 fully saturated rings. The Balaban J connectivity index is 1.23. The number of imide groups is 1. The van der Waals surface area contributed by atoms with Gasteiger partial charge in [-0.2, -0.15) is 0 Å². The van der Waals surface area contributed by atoms with Gasteiger partial charge in [0, 0.05) is 17.9 Å². The van der Waals surface area contributed by atoms with Crippen molar-refractivity contribution >= 4 is 56.5 Å². The Morgan fingerprint density at radius 3 is 2.69 bits per heavy atom. The second kappa shape index (κ2) is 8.26. The highest BCUT2D eigenvalue weighted by molar-refractivity contribution is 6.31. The van der Waals surface area contributed by atoms with E-state index in [4.69, 9.17) is 32.2 Å². The van der Waals surface area contributed by atoms with E-state index >= 15 is 0 Å². The topological polar surface area (TPSA) is 106 Å². The van der Waals surface area contributed by atoms with Crippen LogP contribution in [-0.2, 0) is 14.3 Å². The molecule has 4 heterocycles. The molecule has 2 unspecified atom stereocenters. The summed E-state index contributed by atoms with van der Waals surface area (Å²) in [6.07, 6.45) is -0.479. The minimum Gasteiger partial charge on any atom is -0.475 e. The summed E-state index contributed by atoms with van der Waals surface area (Å²) < 4.78 is 17.6. The van der Waals surface area contributed by atoms with Gasteiger partial charge in [0.05, 0.1) is 47.8 Å². The van der Waals surface area contributed by atoms with Crippen molar-refractivity contribution in [2.75, 3.05) is 11.5 Å². The van der Waals surface area contributed by atoms with E-state index < -0.39 is 35.0 Å². The minimum absolute atomic E-state index is 0.115. The minimum atomic E-state index is -1.22. The molecule has 3 aliphatic rings. The maximum absolute atomic E-state index is 14.0. The number of amides is 2. The molecule has 2 amide bonds. The number of aromatic nitrogens is 1. The van der Waals surface area contributed by atoms with Crippen LogP contribution in [0.3, 0.4) is 0 Å². The number of nitrogens with zero attached hydrogens (tertiary/aromatic N) is 3. The van der Waals surface area contributed by atoms with Crippen LogP contribution in [0.25, 0.3) is 26.6 Å². The average molecular weight is 544 g/mol. The quantitative estimate of drug-likeness (QED) is 0.277. The number of carbonyl (C=O) groups excluding carboxylic acids is 2. The van der Waals surface area contributed by atoms with Crippen LogP contribution in [0.1, 0.15) is 19.8 Å². The summed E-state index contributed by atoms with van der Waals surface area (Å²) in [7, 11) is 0. The van der Waals surface area contributed by atoms with Crippen molar-refractivity contribution in [3.63, 3.8) is 0 Å². The highest BCUT2D eigenvalue weighted by Crippen LogP contribution is 2.62. The van der Waals surface area contributed by atoms with Crippen LogP contribution in [-0.4, -0.2) is 46.0 Å². The van der Waals surface area contributed by atoms with Crippen LogP contribution in [0.2, 0.25) is 5.02 Å². The van der Waals surface area contributed by atoms with Crippen LogP contribution in [0.4, 0.5) is 11.4 Å². The van der Waals surface area contributed by atoms with E-state index in [0.29, 0.717) is 38.1 Å². The number of fused-ring (bicyclic) bond motifs is 7. The summed E-state index contributed by atoms with van der Waals surface area (Å²) in [5.41, 5.74) is -0.916. The summed E-state index contributed by atoms with van der Waals surface area (Å²) in [6.45, 7) is 9.32. The van der Waals surface area contributed by atoms with Crippen LogP contribution in [0.15, 0.2) is 59.1 Å². The van der Waals surface area contributed by atoms with Crippen molar-refractivity contribution in [2.45, 2.75) is 37.1 Å². The summed E-state index contributed by atoms with van der Waals surface area (Å²) in [6, 6.07) is 15.6. The Bertz CT molecular complexity index is 1750. The molecular formula is C29H22ClN3O6. The number of hydrogen-bond acceptors (Lipinski definition) is 7. The Labute approximate surface area is 227 Å². The summed E-state index contributed by atoms with van der Waals surface area (Å²) in [5.74, 6) is -2.15. The largest absolute Gasteiger partial charge is 0.475 e. The number of benzene rings is 3. The Morgan fingerprint density at radius 1 is 1.13 bits per heavy atom. The van der Waals surface area contributed by atoms with E-state index in [1.165, 1.54) is 4.90 Å². The fraction of sp³-hybridized carbons (Fsp3) is 0.310. The molecule has 1 aromatic heterocycles. The van der Waals surface area contributed by atoms with Crippen LogP contribution >= 0.6 is 11.6 Å². The number of halogens is 1. The smallest absolute Gasteiger partial charge is 0.262 e. The number of hydrogen-bond donors (Lipinski definition) is 1. The molecule has 3 aliphatic heterocycles. The van der Waals surface area contributed by atoms with E-state index in [2.05, 4.69) is 10.0 Å². The standard InChI is InChI=1S/C29H22ClN3O6/c1-28-22(34)14-29(39-28,11-12-37-25-18-13-15(30)7-10-21(18)38-32-25)24-23(28)26(35)33(27(24)36)20-9-8-19(31-2)16-5-3-4-6-17(16)20/h3-10,13,22-24,34H,11-12,14H2,1H3/t22-,23-,24+,28?,29?/m1/s1. The first-order chi connectivity index (χ1) is 18.8. The van der Waals surface area contributed by atoms with Crippen LogP contribution in [0, 0.1) is 18.4 Å². The molecule has 0 saturated carbocycles. The fourth-order valence-corrected chi connectivity index (χ4v) is 6.91. The zero-order valence-electron chi connectivity index (χ0n) is 20.8. The third-order valence-corrected chi connectivity index (χ3v) is 8.75. The number of aliphatic hydroxyl groups excluding tert-OH is 1. The first-order valence-corrected chi connectivity index (χ1v) is 13.0. The van der Waals surface area contributed by atoms with Crippen molar-refractivity contribution < 1.29 is 28.7 Å². The molecule has 7 rings (SSSR count). The van der Waals surface area contributed by atoms with Gasteiger partial charge in [-0.15, -0.1) is 0 Å². The molecule has 3 saturated heterocycles. The van der Waals surface area contributed by atoms with Gasteiger partial charge in [0.15, 0.2) is 11.3 Å².